The average Bonchev–Trinajstić information content (AvgIpc) is 2.17. The van der Waals surface area contributed by atoms with Gasteiger partial charge in [0.05, 0.1) is 5.56 Å². The highest BCUT2D eigenvalue weighted by molar-refractivity contribution is 5.94. The molecule has 0 aromatic heterocycles. The van der Waals surface area contributed by atoms with Crippen LogP contribution in [0.5, 0.6) is 0 Å². The molecule has 0 aliphatic carbocycles. The van der Waals surface area contributed by atoms with Crippen LogP contribution in [0.2, 0.25) is 0 Å². The second-order valence-electron chi connectivity index (χ2n) is 2.83. The number of carbonyl (C=O) groups excluding carboxylic acids is 2. The highest BCUT2D eigenvalue weighted by Crippen LogP contribution is 2.13. The Bertz CT molecular complexity index is 381. The minimum absolute atomic E-state index is 0.0756. The lowest BCUT2D eigenvalue weighted by Crippen LogP contribution is -2.23. The van der Waals surface area contributed by atoms with Crippen LogP contribution in [0.15, 0.2) is 12.1 Å². The number of rotatable bonds is 3. The fourth-order valence-corrected chi connectivity index (χ4v) is 1.09. The first kappa shape index (κ1) is 11.3. The Morgan fingerprint density at radius 2 is 1.93 bits per heavy atom. The third-order valence-electron chi connectivity index (χ3n) is 1.80. The van der Waals surface area contributed by atoms with Crippen molar-refractivity contribution in [1.29, 1.82) is 0 Å². The molecule has 0 saturated heterocycles. The third-order valence-corrected chi connectivity index (χ3v) is 1.80. The van der Waals surface area contributed by atoms with Gasteiger partial charge >= 0.3 is 0 Å². The van der Waals surface area contributed by atoms with Crippen molar-refractivity contribution in [3.05, 3.63) is 34.9 Å². The highest BCUT2D eigenvalue weighted by Gasteiger charge is 2.13. The van der Waals surface area contributed by atoms with Crippen LogP contribution >= 0.6 is 0 Å². The van der Waals surface area contributed by atoms with Crippen LogP contribution < -0.4 is 5.32 Å². The fraction of sp³-hybridized carbons (Fsp3) is 0.200. The van der Waals surface area contributed by atoms with Crippen LogP contribution in [0.1, 0.15) is 27.6 Å². The number of hydrogen-bond acceptors (Lipinski definition) is 2. The molecule has 0 fully saturated rings. The first-order chi connectivity index (χ1) is 7.10. The average molecular weight is 213 g/mol. The van der Waals surface area contributed by atoms with E-state index in [1.165, 1.54) is 0 Å². The van der Waals surface area contributed by atoms with Gasteiger partial charge in [-0.2, -0.15) is 0 Å². The number of nitrogens with one attached hydrogen (secondary N) is 1. The Labute approximate surface area is 85.1 Å². The molecule has 0 unspecified atom stereocenters. The summed E-state index contributed by atoms with van der Waals surface area (Å²) in [6.45, 7) is 2.04. The van der Waals surface area contributed by atoms with Crippen molar-refractivity contribution in [2.45, 2.75) is 6.92 Å². The van der Waals surface area contributed by atoms with Crippen molar-refractivity contribution in [3.8, 4) is 0 Å². The molecule has 1 amide bonds. The summed E-state index contributed by atoms with van der Waals surface area (Å²) in [4.78, 5) is 21.5. The van der Waals surface area contributed by atoms with Crippen LogP contribution in [0.25, 0.3) is 0 Å². The Hall–Kier alpha value is -1.78. The summed E-state index contributed by atoms with van der Waals surface area (Å²) >= 11 is 0. The molecule has 0 radical (unpaired) electrons. The van der Waals surface area contributed by atoms with Gasteiger partial charge in [0, 0.05) is 12.1 Å². The molecule has 0 aliphatic heterocycles. The number of aldehydes is 1. The maximum Gasteiger partial charge on any atom is 0.251 e. The second-order valence-corrected chi connectivity index (χ2v) is 2.83. The Kier molecular flexibility index (Phi) is 3.49. The second kappa shape index (κ2) is 4.63. The fourth-order valence-electron chi connectivity index (χ4n) is 1.09. The molecule has 0 spiro atoms. The zero-order valence-corrected chi connectivity index (χ0v) is 8.01. The molecule has 80 valence electrons. The minimum Gasteiger partial charge on any atom is -0.352 e. The van der Waals surface area contributed by atoms with Crippen molar-refractivity contribution in [3.63, 3.8) is 0 Å². The maximum atomic E-state index is 13.1. The molecule has 0 saturated carbocycles. The van der Waals surface area contributed by atoms with Gasteiger partial charge in [-0.25, -0.2) is 8.78 Å². The molecular weight excluding hydrogens is 204 g/mol. The molecule has 0 aliphatic rings. The third kappa shape index (κ3) is 2.37. The van der Waals surface area contributed by atoms with Crippen LogP contribution in [-0.2, 0) is 0 Å². The summed E-state index contributed by atoms with van der Waals surface area (Å²) < 4.78 is 26.1. The van der Waals surface area contributed by atoms with E-state index in [0.717, 1.165) is 12.1 Å². The lowest BCUT2D eigenvalue weighted by molar-refractivity contribution is 0.0953. The molecule has 0 bridgehead atoms. The predicted octanol–water partition coefficient (Wildman–Crippen LogP) is 1.53. The number of carbonyl (C=O) groups is 2. The van der Waals surface area contributed by atoms with Gasteiger partial charge in [-0.3, -0.25) is 9.59 Å². The monoisotopic (exact) mass is 213 g/mol. The molecule has 0 heterocycles. The van der Waals surface area contributed by atoms with Crippen molar-refractivity contribution in [2.24, 2.45) is 0 Å². The summed E-state index contributed by atoms with van der Waals surface area (Å²) in [5.74, 6) is -2.65. The zero-order valence-electron chi connectivity index (χ0n) is 8.01. The standard InChI is InChI=1S/C10H9F2NO2/c1-2-13-10(15)6-3-8(11)7(5-14)9(12)4-6/h3-5H,2H2,1H3,(H,13,15). The first-order valence-electron chi connectivity index (χ1n) is 4.32. The van der Waals surface area contributed by atoms with Gasteiger partial charge in [-0.1, -0.05) is 0 Å². The molecule has 1 rings (SSSR count). The Morgan fingerprint density at radius 1 is 1.40 bits per heavy atom. The van der Waals surface area contributed by atoms with Gasteiger partial charge in [-0.15, -0.1) is 0 Å². The molecular formula is C10H9F2NO2. The predicted molar refractivity (Wildman–Crippen MR) is 49.8 cm³/mol. The quantitative estimate of drug-likeness (QED) is 0.774. The van der Waals surface area contributed by atoms with Gasteiger partial charge in [0.15, 0.2) is 6.29 Å². The Morgan fingerprint density at radius 3 is 2.33 bits per heavy atom. The topological polar surface area (TPSA) is 46.2 Å². The summed E-state index contributed by atoms with van der Waals surface area (Å²) in [7, 11) is 0. The van der Waals surface area contributed by atoms with E-state index < -0.39 is 23.1 Å². The lowest BCUT2D eigenvalue weighted by Gasteiger charge is -2.04. The molecule has 15 heavy (non-hydrogen) atoms. The first-order valence-corrected chi connectivity index (χ1v) is 4.32. The van der Waals surface area contributed by atoms with E-state index >= 15 is 0 Å². The number of halogens is 2. The summed E-state index contributed by atoms with van der Waals surface area (Å²) in [5, 5.41) is 2.39. The van der Waals surface area contributed by atoms with E-state index in [0.29, 0.717) is 6.54 Å². The largest absolute Gasteiger partial charge is 0.352 e. The zero-order chi connectivity index (χ0) is 11.4. The molecule has 0 atom stereocenters. The van der Waals surface area contributed by atoms with E-state index in [1.54, 1.807) is 6.92 Å². The van der Waals surface area contributed by atoms with E-state index in [1.807, 2.05) is 0 Å². The summed E-state index contributed by atoms with van der Waals surface area (Å²) in [6, 6.07) is 1.66. The van der Waals surface area contributed by atoms with Gasteiger partial charge in [-0.05, 0) is 19.1 Å². The number of amides is 1. The number of hydrogen-bond donors (Lipinski definition) is 1. The van der Waals surface area contributed by atoms with Crippen LogP contribution in [0, 0.1) is 11.6 Å². The smallest absolute Gasteiger partial charge is 0.251 e. The van der Waals surface area contributed by atoms with E-state index in [-0.39, 0.29) is 11.8 Å². The molecule has 5 heteroatoms. The summed E-state index contributed by atoms with van der Waals surface area (Å²) in [5.41, 5.74) is -0.805. The van der Waals surface area contributed by atoms with E-state index in [9.17, 15) is 18.4 Å². The summed E-state index contributed by atoms with van der Waals surface area (Å²) in [6.07, 6.45) is 0.0756. The lowest BCUT2D eigenvalue weighted by atomic mass is 10.1. The minimum atomic E-state index is -1.04. The van der Waals surface area contributed by atoms with Crippen LogP contribution in [-0.4, -0.2) is 18.7 Å². The van der Waals surface area contributed by atoms with Gasteiger partial charge in [0.25, 0.3) is 5.91 Å². The van der Waals surface area contributed by atoms with Crippen molar-refractivity contribution >= 4 is 12.2 Å². The van der Waals surface area contributed by atoms with Crippen molar-refractivity contribution in [1.82, 2.24) is 5.32 Å². The van der Waals surface area contributed by atoms with E-state index in [2.05, 4.69) is 5.32 Å². The molecule has 3 nitrogen and oxygen atoms in total. The van der Waals surface area contributed by atoms with Gasteiger partial charge < -0.3 is 5.32 Å². The Balaban J connectivity index is 3.13. The highest BCUT2D eigenvalue weighted by atomic mass is 19.1. The molecule has 1 aromatic carbocycles. The van der Waals surface area contributed by atoms with Crippen LogP contribution in [0.4, 0.5) is 8.78 Å². The maximum absolute atomic E-state index is 13.1. The van der Waals surface area contributed by atoms with Crippen LogP contribution in [0.3, 0.4) is 0 Å². The van der Waals surface area contributed by atoms with E-state index in [4.69, 9.17) is 0 Å². The normalized spacial score (nSPS) is 9.80. The van der Waals surface area contributed by atoms with Gasteiger partial charge in [0.2, 0.25) is 0 Å². The van der Waals surface area contributed by atoms with Gasteiger partial charge in [0.1, 0.15) is 11.6 Å². The molecule has 1 N–H and O–H groups in total. The van der Waals surface area contributed by atoms with Crippen molar-refractivity contribution in [2.75, 3.05) is 6.54 Å². The molecule has 1 aromatic rings. The SMILES string of the molecule is CCNC(=O)c1cc(F)c(C=O)c(F)c1. The van der Waals surface area contributed by atoms with Crippen molar-refractivity contribution < 1.29 is 18.4 Å². The number of benzene rings is 1.